The van der Waals surface area contributed by atoms with Gasteiger partial charge in [-0.05, 0) is 158 Å². The van der Waals surface area contributed by atoms with Crippen LogP contribution in [0.5, 0.6) is 0 Å². The first-order chi connectivity index (χ1) is 56.9. The topological polar surface area (TPSA) is 191 Å². The normalized spacial score (nSPS) is 10.7. The number of halogens is 2. The number of para-hydroxylation sites is 9. The molecule has 14 nitrogen and oxygen atoms in total. The Bertz CT molecular complexity index is 6920. The zero-order valence-corrected chi connectivity index (χ0v) is 70.0. The second kappa shape index (κ2) is 38.5. The van der Waals surface area contributed by atoms with Crippen LogP contribution in [0.25, 0.3) is 149 Å². The first-order valence-electron chi connectivity index (χ1n) is 36.8. The fourth-order valence-electron chi connectivity index (χ4n) is 15.4. The third-order valence-corrected chi connectivity index (χ3v) is 20.3. The van der Waals surface area contributed by atoms with Gasteiger partial charge in [-0.2, -0.15) is 4.39 Å². The number of anilines is 1. The molecule has 4 aromatic heterocycles. The molecule has 0 fully saturated rings. The number of fused-ring (bicyclic) bond motifs is 15. The number of nitro groups is 2. The number of nitrogens with two attached hydrogens (primary N) is 1. The molecule has 0 saturated heterocycles. The van der Waals surface area contributed by atoms with Gasteiger partial charge in [-0.3, -0.25) is 20.2 Å². The number of aromatic nitrogens is 3. The van der Waals surface area contributed by atoms with E-state index in [2.05, 4.69) is 301 Å². The first-order valence-corrected chi connectivity index (χ1v) is 41.4. The summed E-state index contributed by atoms with van der Waals surface area (Å²) in [5.41, 5.74) is 32.0. The van der Waals surface area contributed by atoms with E-state index in [0.29, 0.717) is 5.69 Å². The zero-order valence-electron chi connectivity index (χ0n) is 63.1. The van der Waals surface area contributed by atoms with Gasteiger partial charge in [0.25, 0.3) is 5.69 Å². The summed E-state index contributed by atoms with van der Waals surface area (Å²) >= 11 is 4.01. The van der Waals surface area contributed by atoms with Crippen LogP contribution in [0.3, 0.4) is 0 Å². The van der Waals surface area contributed by atoms with Crippen molar-refractivity contribution < 1.29 is 43.8 Å². The van der Waals surface area contributed by atoms with E-state index in [0.717, 1.165) is 89.6 Å². The Hall–Kier alpha value is -12.8. The van der Waals surface area contributed by atoms with Crippen molar-refractivity contribution in [2.45, 2.75) is 6.42 Å². The molecule has 0 bridgehead atoms. The molecular weight excluding hydrogens is 1610 g/mol. The number of nitrogen functional groups attached to an aromatic ring is 1. The molecule has 3 radical (unpaired) electrons. The van der Waals surface area contributed by atoms with Crippen LogP contribution in [0.15, 0.2) is 392 Å². The summed E-state index contributed by atoms with van der Waals surface area (Å²) in [7, 11) is 9.11. The van der Waals surface area contributed by atoms with Gasteiger partial charge in [0, 0.05) is 55.2 Å². The molecule has 0 amide bonds. The van der Waals surface area contributed by atoms with E-state index in [4.69, 9.17) is 24.8 Å². The predicted molar refractivity (Wildman–Crippen MR) is 483 cm³/mol. The summed E-state index contributed by atoms with van der Waals surface area (Å²) in [5.74, 6) is -0.799. The van der Waals surface area contributed by atoms with Crippen molar-refractivity contribution in [1.82, 2.24) is 13.5 Å². The van der Waals surface area contributed by atoms with Gasteiger partial charge in [0.2, 0.25) is 5.82 Å². The number of benzene rings is 16. The van der Waals surface area contributed by atoms with Crippen molar-refractivity contribution >= 4 is 150 Å². The average molecular weight is 1680 g/mol. The van der Waals surface area contributed by atoms with Crippen molar-refractivity contribution in [3.8, 4) is 67.0 Å². The molecule has 0 aliphatic heterocycles. The largest absolute Gasteiger partial charge is 1.00 e. The van der Waals surface area contributed by atoms with E-state index in [9.17, 15) is 24.6 Å². The van der Waals surface area contributed by atoms with Crippen molar-refractivity contribution in [2.24, 2.45) is 9.64 Å². The van der Waals surface area contributed by atoms with Crippen LogP contribution in [0, 0.1) is 36.2 Å². The molecule has 1 aliphatic rings. The van der Waals surface area contributed by atoms with Crippen molar-refractivity contribution in [3.63, 3.8) is 0 Å². The maximum absolute atomic E-state index is 12.4. The second-order valence-corrected chi connectivity index (χ2v) is 27.1. The molecule has 4 heterocycles. The SMILES string of the molecule is Nc1ccccc1-n1c2ccccc2c2cc(-c3ccccc3)ccc21.O=N[O-].O=[N+]([O-])c1ccccc1-n1c2ccccc2c2cc(-c3ccccc3)ccc21.O=[N+]([O-])c1ccccc1F.[B]=NS.[Cl][SnH].[Na+].c1ccc(-c2ccc3c(c2)-c2ccccc2C3)cc1.c1ccc(-c2ccc3c(c2)c2cccc4c5ccccc5n3c42)cc1. The van der Waals surface area contributed by atoms with E-state index in [-0.39, 0.29) is 40.2 Å². The van der Waals surface area contributed by atoms with E-state index in [1.807, 2.05) is 77.4 Å². The summed E-state index contributed by atoms with van der Waals surface area (Å²) in [4.78, 5) is 28.5. The van der Waals surface area contributed by atoms with Crippen molar-refractivity contribution in [2.75, 3.05) is 5.73 Å². The van der Waals surface area contributed by atoms with Crippen LogP contribution in [-0.4, -0.2) is 52.4 Å². The minimum atomic E-state index is -0.799. The zero-order chi connectivity index (χ0) is 80.6. The number of nitro benzene ring substituents is 2. The fourth-order valence-corrected chi connectivity index (χ4v) is 15.4. The Labute approximate surface area is 718 Å². The molecule has 0 spiro atoms. The van der Waals surface area contributed by atoms with Crippen molar-refractivity contribution in [1.29, 1.82) is 0 Å². The summed E-state index contributed by atoms with van der Waals surface area (Å²) in [5, 5.41) is 40.6. The second-order valence-electron chi connectivity index (χ2n) is 26.8. The number of hydrogen-bond donors (Lipinski definition) is 2. The maximum Gasteiger partial charge on any atom is 1.00 e. The van der Waals surface area contributed by atoms with Crippen LogP contribution in [-0.2, 0) is 6.42 Å². The molecule has 0 unspecified atom stereocenters. The maximum atomic E-state index is 12.4. The van der Waals surface area contributed by atoms with Gasteiger partial charge >= 0.3 is 90.3 Å². The summed E-state index contributed by atoms with van der Waals surface area (Å²) in [6, 6.07) is 129. The standard InChI is InChI=1S/C24H16N2O2.C24H18N2.C24H15N.C19H14.C6H4FNO2.BHNS.ClH.HNO2.Na.Sn.H/c27-26(28)24-13-7-6-12-23(24)25-21-11-5-4-10-19(21)20-16-18(14-15-22(20)25)17-8-2-1-3-9-17;25-21-11-5-7-13-24(21)26-22-12-6-4-10-19(22)20-16-18(14-15-23(20)26)17-8-2-1-3-9-17;1-2-7-16(8-3-1)17-13-14-23-21(15-17)20-11-6-10-19-18-9-4-5-12-22(18)25(23)24(19)20;1-2-6-14(7-3-1)15-10-11-17-12-16-8-4-5-9-18(16)19(17)13-15;7-5-3-1-2-4-6(5)8(9)10;1-2-3;;2-1-3;;;/h1-16H;1-16H,25H2;1-15H;1-11,13H,12H2;1-4H;3H;1H;(H,2,3);;;/q;;;;;;;;2*+1;/p-2. The van der Waals surface area contributed by atoms with Crippen LogP contribution in [0.4, 0.5) is 21.5 Å². The molecule has 117 heavy (non-hydrogen) atoms. The Balaban J connectivity index is 0.000000127. The number of hydrogen-bond acceptors (Lipinski definition) is 10. The van der Waals surface area contributed by atoms with Gasteiger partial charge < -0.3 is 29.4 Å². The molecule has 1 aliphatic carbocycles. The van der Waals surface area contributed by atoms with E-state index in [1.54, 1.807) is 18.2 Å². The molecule has 2 N–H and O–H groups in total. The van der Waals surface area contributed by atoms with Gasteiger partial charge in [0.05, 0.1) is 59.8 Å². The molecular formula is C97H69BClFN8NaO6SSn. The molecule has 20 heteroatoms. The van der Waals surface area contributed by atoms with E-state index in [1.165, 1.54) is 128 Å². The van der Waals surface area contributed by atoms with Gasteiger partial charge in [-0.25, -0.2) is 0 Å². The van der Waals surface area contributed by atoms with E-state index < -0.39 is 16.4 Å². The number of rotatable bonds is 8. The third kappa shape index (κ3) is 17.4. The number of nitrogens with zero attached hydrogens (tertiary/aromatic N) is 7. The Morgan fingerprint density at radius 3 is 1.17 bits per heavy atom. The molecule has 20 aromatic rings. The summed E-state index contributed by atoms with van der Waals surface area (Å²) in [6.07, 6.45) is 1.07. The Morgan fingerprint density at radius 1 is 0.368 bits per heavy atom. The van der Waals surface area contributed by atoms with Gasteiger partial charge in [0.1, 0.15) is 5.69 Å². The van der Waals surface area contributed by atoms with Crippen LogP contribution in [0.2, 0.25) is 0 Å². The smallest absolute Gasteiger partial charge is 0.308 e. The molecule has 0 atom stereocenters. The molecule has 21 rings (SSSR count). The third-order valence-electron chi connectivity index (χ3n) is 20.3. The average Bonchev–Trinajstić information content (AvgIpc) is 1.54. The molecule has 561 valence electrons. The molecule has 16 aromatic carbocycles. The predicted octanol–water partition coefficient (Wildman–Crippen LogP) is 23.0. The van der Waals surface area contributed by atoms with Gasteiger partial charge in [-0.15, -0.1) is 5.34 Å². The van der Waals surface area contributed by atoms with Crippen LogP contribution < -0.4 is 35.3 Å². The van der Waals surface area contributed by atoms with Crippen LogP contribution >= 0.6 is 21.7 Å². The van der Waals surface area contributed by atoms with Crippen molar-refractivity contribution in [3.05, 3.63) is 429 Å². The monoisotopic (exact) mass is 1680 g/mol. The summed E-state index contributed by atoms with van der Waals surface area (Å²) in [6.45, 7) is 0. The Morgan fingerprint density at radius 2 is 0.692 bits per heavy atom. The van der Waals surface area contributed by atoms with Crippen LogP contribution in [0.1, 0.15) is 11.1 Å². The van der Waals surface area contributed by atoms with Gasteiger partial charge in [-0.1, -0.05) is 285 Å². The van der Waals surface area contributed by atoms with E-state index >= 15 is 0 Å². The fraction of sp³-hybridized carbons (Fsp3) is 0.0103. The number of thiol groups is 1. The Kier molecular flexibility index (Phi) is 27.0. The first kappa shape index (κ1) is 82.1. The summed E-state index contributed by atoms with van der Waals surface area (Å²) < 4.78 is 21.8. The molecule has 0 saturated carbocycles. The minimum absolute atomic E-state index is 0. The van der Waals surface area contributed by atoms with Gasteiger partial charge in [0.15, 0.2) is 0 Å². The minimum Gasteiger partial charge on any atom is -0.308 e. The quantitative estimate of drug-likeness (QED) is 0.0377.